The lowest BCUT2D eigenvalue weighted by Gasteiger charge is -2.31. The average molecular weight is 546 g/mol. The molecule has 2 amide bonds. The molecule has 196 valence electrons. The number of likely N-dealkylation sites (tertiary alicyclic amines) is 1. The second-order valence-corrected chi connectivity index (χ2v) is 9.62. The van der Waals surface area contributed by atoms with Crippen molar-refractivity contribution in [2.75, 3.05) is 46.8 Å². The number of aromatic nitrogens is 1. The lowest BCUT2D eigenvalue weighted by molar-refractivity contribution is 0.0708. The van der Waals surface area contributed by atoms with Crippen LogP contribution < -0.4 is 24.3 Å². The zero-order valence-electron chi connectivity index (χ0n) is 21.0. The lowest BCUT2D eigenvalue weighted by Crippen LogP contribution is -2.38. The van der Waals surface area contributed by atoms with Crippen LogP contribution in [0.5, 0.6) is 23.0 Å². The van der Waals surface area contributed by atoms with E-state index in [0.29, 0.717) is 58.1 Å². The number of nitrogens with zero attached hydrogens (tertiary/aromatic N) is 2. The molecule has 0 unspecified atom stereocenters. The number of amides is 2. The molecule has 0 aliphatic carbocycles. The number of thiazole rings is 1. The van der Waals surface area contributed by atoms with Gasteiger partial charge in [-0.25, -0.2) is 4.98 Å². The van der Waals surface area contributed by atoms with Gasteiger partial charge in [-0.1, -0.05) is 11.6 Å². The van der Waals surface area contributed by atoms with Gasteiger partial charge in [0.05, 0.1) is 49.7 Å². The fraction of sp³-hybridized carbons (Fsp3) is 0.346. The Morgan fingerprint density at radius 1 is 1.00 bits per heavy atom. The monoisotopic (exact) mass is 545 g/mol. The van der Waals surface area contributed by atoms with E-state index in [4.69, 9.17) is 30.5 Å². The Morgan fingerprint density at radius 3 is 2.38 bits per heavy atom. The summed E-state index contributed by atoms with van der Waals surface area (Å²) in [6.45, 7) is 1.11. The number of methoxy groups -OCH3 is 4. The van der Waals surface area contributed by atoms with E-state index in [0.717, 1.165) is 17.8 Å². The first-order chi connectivity index (χ1) is 17.9. The number of benzene rings is 2. The zero-order valence-corrected chi connectivity index (χ0v) is 22.6. The average Bonchev–Trinajstić information content (AvgIpc) is 3.43. The predicted molar refractivity (Wildman–Crippen MR) is 142 cm³/mol. The number of hydrogen-bond acceptors (Lipinski definition) is 8. The molecule has 0 bridgehead atoms. The topological polar surface area (TPSA) is 99.2 Å². The van der Waals surface area contributed by atoms with E-state index in [1.807, 2.05) is 0 Å². The first kappa shape index (κ1) is 26.6. The molecule has 0 spiro atoms. The summed E-state index contributed by atoms with van der Waals surface area (Å²) < 4.78 is 21.4. The maximum atomic E-state index is 13.3. The number of carbonyl (C=O) groups excluding carboxylic acids is 2. The van der Waals surface area contributed by atoms with Gasteiger partial charge in [-0.2, -0.15) is 0 Å². The van der Waals surface area contributed by atoms with Crippen LogP contribution in [0, 0.1) is 0 Å². The number of carbonyl (C=O) groups is 2. The molecule has 4 rings (SSSR count). The Hall–Kier alpha value is -3.50. The van der Waals surface area contributed by atoms with Crippen molar-refractivity contribution in [3.05, 3.63) is 57.0 Å². The summed E-state index contributed by atoms with van der Waals surface area (Å²) in [5.41, 5.74) is 1.20. The first-order valence-electron chi connectivity index (χ1n) is 11.6. The number of piperidine rings is 1. The molecule has 0 radical (unpaired) electrons. The fourth-order valence-corrected chi connectivity index (χ4v) is 5.40. The van der Waals surface area contributed by atoms with E-state index in [2.05, 4.69) is 10.3 Å². The Kier molecular flexibility index (Phi) is 8.40. The summed E-state index contributed by atoms with van der Waals surface area (Å²) in [6, 6.07) is 8.43. The summed E-state index contributed by atoms with van der Waals surface area (Å²) in [6.07, 6.45) is 1.47. The van der Waals surface area contributed by atoms with Crippen molar-refractivity contribution in [3.63, 3.8) is 0 Å². The minimum atomic E-state index is -0.342. The van der Waals surface area contributed by atoms with Crippen molar-refractivity contribution < 1.29 is 28.5 Å². The van der Waals surface area contributed by atoms with Crippen LogP contribution in [0.2, 0.25) is 5.02 Å². The van der Waals surface area contributed by atoms with E-state index in [-0.39, 0.29) is 17.7 Å². The molecule has 9 nitrogen and oxygen atoms in total. The second kappa shape index (κ2) is 11.7. The van der Waals surface area contributed by atoms with Crippen molar-refractivity contribution in [3.8, 4) is 23.0 Å². The van der Waals surface area contributed by atoms with E-state index in [1.165, 1.54) is 32.7 Å². The number of ether oxygens (including phenoxy) is 4. The maximum Gasteiger partial charge on any atom is 0.275 e. The van der Waals surface area contributed by atoms with Gasteiger partial charge in [0.1, 0.15) is 11.4 Å². The third-order valence-corrected chi connectivity index (χ3v) is 7.58. The molecule has 37 heavy (non-hydrogen) atoms. The zero-order chi connectivity index (χ0) is 26.5. The molecule has 2 aromatic carbocycles. The maximum absolute atomic E-state index is 13.3. The third-order valence-electron chi connectivity index (χ3n) is 6.24. The van der Waals surface area contributed by atoms with E-state index >= 15 is 0 Å². The summed E-state index contributed by atoms with van der Waals surface area (Å²) in [5, 5.41) is 5.82. The van der Waals surface area contributed by atoms with Gasteiger partial charge in [-0.05, 0) is 37.1 Å². The Labute approximate surface area is 224 Å². The molecule has 1 fully saturated rings. The SMILES string of the molecule is COc1ccc(Cl)c(NC(=O)c2csc(C3CCN(C(=O)c4ccc(OC)c(OC)c4OC)CC3)n2)c1. The molecule has 1 aromatic heterocycles. The van der Waals surface area contributed by atoms with Crippen LogP contribution in [0.1, 0.15) is 44.6 Å². The van der Waals surface area contributed by atoms with Crippen LogP contribution in [0.3, 0.4) is 0 Å². The van der Waals surface area contributed by atoms with Crippen LogP contribution >= 0.6 is 22.9 Å². The Balaban J connectivity index is 1.41. The van der Waals surface area contributed by atoms with Crippen LogP contribution in [0.25, 0.3) is 0 Å². The Morgan fingerprint density at radius 2 is 1.73 bits per heavy atom. The van der Waals surface area contributed by atoms with Crippen molar-refractivity contribution in [1.29, 1.82) is 0 Å². The van der Waals surface area contributed by atoms with Crippen molar-refractivity contribution in [2.24, 2.45) is 0 Å². The van der Waals surface area contributed by atoms with Gasteiger partial charge in [-0.15, -0.1) is 11.3 Å². The van der Waals surface area contributed by atoms with Crippen molar-refractivity contribution >= 4 is 40.4 Å². The standard InChI is InChI=1S/C26H28ClN3O6S/c1-33-16-5-7-18(27)19(13-16)28-24(31)20-14-37-25(29-20)15-9-11-30(12-10-15)26(32)17-6-8-21(34-2)23(36-4)22(17)35-3/h5-8,13-15H,9-12H2,1-4H3,(H,28,31). The highest BCUT2D eigenvalue weighted by Crippen LogP contribution is 2.41. The van der Waals surface area contributed by atoms with E-state index < -0.39 is 0 Å². The summed E-state index contributed by atoms with van der Waals surface area (Å²) in [5.74, 6) is 1.49. The molecular formula is C26H28ClN3O6S. The highest BCUT2D eigenvalue weighted by molar-refractivity contribution is 7.10. The third kappa shape index (κ3) is 5.60. The molecule has 0 atom stereocenters. The normalized spacial score (nSPS) is 13.7. The number of nitrogens with one attached hydrogen (secondary N) is 1. The minimum absolute atomic E-state index is 0.134. The quantitative estimate of drug-likeness (QED) is 0.420. The predicted octanol–water partition coefficient (Wildman–Crippen LogP) is 5.10. The molecule has 11 heteroatoms. The molecule has 1 aliphatic heterocycles. The molecule has 3 aromatic rings. The second-order valence-electron chi connectivity index (χ2n) is 8.32. The van der Waals surface area contributed by atoms with Gasteiger partial charge in [-0.3, -0.25) is 9.59 Å². The molecule has 2 heterocycles. The largest absolute Gasteiger partial charge is 0.497 e. The number of hydrogen-bond donors (Lipinski definition) is 1. The smallest absolute Gasteiger partial charge is 0.275 e. The van der Waals surface area contributed by atoms with Gasteiger partial charge in [0.25, 0.3) is 11.8 Å². The lowest BCUT2D eigenvalue weighted by atomic mass is 9.97. The number of halogens is 1. The molecule has 1 aliphatic rings. The van der Waals surface area contributed by atoms with E-state index in [1.54, 1.807) is 47.7 Å². The Bertz CT molecular complexity index is 1290. The highest BCUT2D eigenvalue weighted by atomic mass is 35.5. The first-order valence-corrected chi connectivity index (χ1v) is 12.8. The van der Waals surface area contributed by atoms with Gasteiger partial charge < -0.3 is 29.2 Å². The number of rotatable bonds is 8. The fourth-order valence-electron chi connectivity index (χ4n) is 4.26. The van der Waals surface area contributed by atoms with E-state index in [9.17, 15) is 9.59 Å². The van der Waals surface area contributed by atoms with Gasteiger partial charge in [0, 0.05) is 30.5 Å². The van der Waals surface area contributed by atoms with Gasteiger partial charge in [0.2, 0.25) is 5.75 Å². The van der Waals surface area contributed by atoms with Gasteiger partial charge in [0.15, 0.2) is 11.5 Å². The summed E-state index contributed by atoms with van der Waals surface area (Å²) >= 11 is 7.65. The van der Waals surface area contributed by atoms with Crippen LogP contribution in [0.4, 0.5) is 5.69 Å². The van der Waals surface area contributed by atoms with Crippen LogP contribution in [-0.2, 0) is 0 Å². The molecule has 1 N–H and O–H groups in total. The molecular weight excluding hydrogens is 518 g/mol. The minimum Gasteiger partial charge on any atom is -0.497 e. The number of anilines is 1. The molecule has 1 saturated heterocycles. The molecule has 0 saturated carbocycles. The van der Waals surface area contributed by atoms with Gasteiger partial charge >= 0.3 is 0 Å². The van der Waals surface area contributed by atoms with Crippen LogP contribution in [-0.4, -0.2) is 63.2 Å². The van der Waals surface area contributed by atoms with Crippen LogP contribution in [0.15, 0.2) is 35.7 Å². The summed E-state index contributed by atoms with van der Waals surface area (Å²) in [7, 11) is 6.09. The van der Waals surface area contributed by atoms with Crippen molar-refractivity contribution in [1.82, 2.24) is 9.88 Å². The highest BCUT2D eigenvalue weighted by Gasteiger charge is 2.30. The van der Waals surface area contributed by atoms with Crippen molar-refractivity contribution in [2.45, 2.75) is 18.8 Å². The summed E-state index contributed by atoms with van der Waals surface area (Å²) in [4.78, 5) is 32.4.